The monoisotopic (exact) mass is 268 g/mol. The van der Waals surface area contributed by atoms with E-state index in [0.717, 1.165) is 0 Å². The maximum Gasteiger partial charge on any atom is 0.380 e. The average Bonchev–Trinajstić information content (AvgIpc) is 2.33. The highest BCUT2D eigenvalue weighted by atomic mass is 19.1. The molecule has 0 radical (unpaired) electrons. The molecule has 0 saturated carbocycles. The van der Waals surface area contributed by atoms with Gasteiger partial charge < -0.3 is 9.47 Å². The van der Waals surface area contributed by atoms with Crippen LogP contribution in [0.15, 0.2) is 12.1 Å². The first-order valence-corrected chi connectivity index (χ1v) is 5.95. The highest BCUT2D eigenvalue weighted by Gasteiger charge is 2.21. The standard InChI is InChI=1S/C14H17FO4/c1-8(2)7-10(16)14(17)19-11-6-5-9(3)12(15)13(11)18-4/h5-6,8H,7H2,1-4H3. The first kappa shape index (κ1) is 15.1. The molecule has 0 bridgehead atoms. The second kappa shape index (κ2) is 6.31. The van der Waals surface area contributed by atoms with Gasteiger partial charge in [0.25, 0.3) is 0 Å². The first-order valence-electron chi connectivity index (χ1n) is 5.95. The number of methoxy groups -OCH3 is 1. The number of esters is 1. The molecule has 0 aliphatic carbocycles. The van der Waals surface area contributed by atoms with Gasteiger partial charge in [0, 0.05) is 6.42 Å². The summed E-state index contributed by atoms with van der Waals surface area (Å²) in [7, 11) is 1.27. The van der Waals surface area contributed by atoms with Crippen LogP contribution in [0.5, 0.6) is 11.5 Å². The largest absolute Gasteiger partial charge is 0.490 e. The van der Waals surface area contributed by atoms with E-state index in [1.54, 1.807) is 6.92 Å². The highest BCUT2D eigenvalue weighted by molar-refractivity contribution is 6.34. The van der Waals surface area contributed by atoms with E-state index in [2.05, 4.69) is 0 Å². The summed E-state index contributed by atoms with van der Waals surface area (Å²) in [6.45, 7) is 5.20. The molecule has 0 aliphatic rings. The van der Waals surface area contributed by atoms with E-state index in [1.807, 2.05) is 13.8 Å². The third-order valence-electron chi connectivity index (χ3n) is 2.48. The van der Waals surface area contributed by atoms with Gasteiger partial charge in [-0.25, -0.2) is 9.18 Å². The molecule has 4 nitrogen and oxygen atoms in total. The van der Waals surface area contributed by atoms with E-state index in [-0.39, 0.29) is 23.8 Å². The van der Waals surface area contributed by atoms with Crippen molar-refractivity contribution in [3.8, 4) is 11.5 Å². The highest BCUT2D eigenvalue weighted by Crippen LogP contribution is 2.32. The van der Waals surface area contributed by atoms with Crippen LogP contribution in [-0.2, 0) is 9.59 Å². The van der Waals surface area contributed by atoms with E-state index < -0.39 is 17.6 Å². The molecule has 0 unspecified atom stereocenters. The van der Waals surface area contributed by atoms with Crippen LogP contribution in [-0.4, -0.2) is 18.9 Å². The van der Waals surface area contributed by atoms with Crippen LogP contribution in [0.25, 0.3) is 0 Å². The SMILES string of the molecule is COc1c(OC(=O)C(=O)CC(C)C)ccc(C)c1F. The minimum absolute atomic E-state index is 0.0525. The van der Waals surface area contributed by atoms with Crippen LogP contribution < -0.4 is 9.47 Å². The number of hydrogen-bond acceptors (Lipinski definition) is 4. The van der Waals surface area contributed by atoms with Crippen molar-refractivity contribution in [1.82, 2.24) is 0 Å². The number of carbonyl (C=O) groups excluding carboxylic acids is 2. The molecule has 1 aromatic rings. The van der Waals surface area contributed by atoms with Gasteiger partial charge in [0.1, 0.15) is 0 Å². The summed E-state index contributed by atoms with van der Waals surface area (Å²) in [6, 6.07) is 2.85. The van der Waals surface area contributed by atoms with Gasteiger partial charge in [-0.2, -0.15) is 0 Å². The summed E-state index contributed by atoms with van der Waals surface area (Å²) in [5.74, 6) is -2.47. The number of rotatable bonds is 5. The molecule has 1 aromatic carbocycles. The lowest BCUT2D eigenvalue weighted by molar-refractivity contribution is -0.147. The smallest absolute Gasteiger partial charge is 0.380 e. The Morgan fingerprint density at radius 2 is 1.95 bits per heavy atom. The molecule has 0 amide bonds. The predicted octanol–water partition coefficient (Wildman–Crippen LogP) is 2.66. The molecule has 5 heteroatoms. The molecule has 0 atom stereocenters. The zero-order chi connectivity index (χ0) is 14.6. The maximum atomic E-state index is 13.7. The average molecular weight is 268 g/mol. The van der Waals surface area contributed by atoms with Crippen molar-refractivity contribution in [2.24, 2.45) is 5.92 Å². The van der Waals surface area contributed by atoms with Gasteiger partial charge in [0.2, 0.25) is 5.78 Å². The van der Waals surface area contributed by atoms with E-state index in [4.69, 9.17) is 9.47 Å². The number of hydrogen-bond donors (Lipinski definition) is 0. The number of carbonyl (C=O) groups is 2. The van der Waals surface area contributed by atoms with Crippen molar-refractivity contribution in [3.05, 3.63) is 23.5 Å². The molecule has 0 heterocycles. The zero-order valence-corrected chi connectivity index (χ0v) is 11.5. The molecular weight excluding hydrogens is 251 g/mol. The van der Waals surface area contributed by atoms with Crippen molar-refractivity contribution in [3.63, 3.8) is 0 Å². The second-order valence-electron chi connectivity index (χ2n) is 4.64. The zero-order valence-electron chi connectivity index (χ0n) is 11.5. The van der Waals surface area contributed by atoms with E-state index >= 15 is 0 Å². The lowest BCUT2D eigenvalue weighted by Gasteiger charge is -2.11. The number of aryl methyl sites for hydroxylation is 1. The lowest BCUT2D eigenvalue weighted by atomic mass is 10.1. The first-order chi connectivity index (χ1) is 8.86. The third kappa shape index (κ3) is 3.77. The summed E-state index contributed by atoms with van der Waals surface area (Å²) >= 11 is 0. The summed E-state index contributed by atoms with van der Waals surface area (Å²) in [5, 5.41) is 0. The lowest BCUT2D eigenvalue weighted by Crippen LogP contribution is -2.22. The van der Waals surface area contributed by atoms with E-state index in [1.165, 1.54) is 19.2 Å². The van der Waals surface area contributed by atoms with Crippen LogP contribution >= 0.6 is 0 Å². The number of halogens is 1. The fourth-order valence-electron chi connectivity index (χ4n) is 1.52. The Morgan fingerprint density at radius 1 is 1.32 bits per heavy atom. The Labute approximate surface area is 111 Å². The Balaban J connectivity index is 2.91. The number of ether oxygens (including phenoxy) is 2. The van der Waals surface area contributed by atoms with Gasteiger partial charge in [-0.15, -0.1) is 0 Å². The number of ketones is 1. The maximum absolute atomic E-state index is 13.7. The van der Waals surface area contributed by atoms with Gasteiger partial charge in [0.05, 0.1) is 7.11 Å². The minimum atomic E-state index is -1.00. The van der Waals surface area contributed by atoms with Crippen LogP contribution in [0.4, 0.5) is 4.39 Å². The molecular formula is C14H17FO4. The van der Waals surface area contributed by atoms with Crippen molar-refractivity contribution in [2.75, 3.05) is 7.11 Å². The van der Waals surface area contributed by atoms with Gasteiger partial charge in [0.15, 0.2) is 17.3 Å². The molecule has 0 aromatic heterocycles. The quantitative estimate of drug-likeness (QED) is 0.468. The van der Waals surface area contributed by atoms with Gasteiger partial charge in [-0.1, -0.05) is 19.9 Å². The molecule has 0 spiro atoms. The minimum Gasteiger partial charge on any atom is -0.490 e. The summed E-state index contributed by atoms with van der Waals surface area (Å²) < 4.78 is 23.5. The third-order valence-corrected chi connectivity index (χ3v) is 2.48. The molecule has 0 aliphatic heterocycles. The van der Waals surface area contributed by atoms with Crippen LogP contribution in [0, 0.1) is 18.7 Å². The molecule has 104 valence electrons. The van der Waals surface area contributed by atoms with Gasteiger partial charge in [-0.05, 0) is 24.5 Å². The van der Waals surface area contributed by atoms with Crippen LogP contribution in [0.3, 0.4) is 0 Å². The second-order valence-corrected chi connectivity index (χ2v) is 4.64. The van der Waals surface area contributed by atoms with Crippen molar-refractivity contribution < 1.29 is 23.5 Å². The number of Topliss-reactive ketones (excluding diaryl/α,β-unsaturated/α-hetero) is 1. The number of benzene rings is 1. The Morgan fingerprint density at radius 3 is 2.47 bits per heavy atom. The Bertz CT molecular complexity index is 494. The van der Waals surface area contributed by atoms with E-state index in [0.29, 0.717) is 5.56 Å². The topological polar surface area (TPSA) is 52.6 Å². The summed E-state index contributed by atoms with van der Waals surface area (Å²) in [5.41, 5.74) is 0.366. The summed E-state index contributed by atoms with van der Waals surface area (Å²) in [6.07, 6.45) is 0.0928. The molecule has 1 rings (SSSR count). The molecule has 0 saturated heterocycles. The van der Waals surface area contributed by atoms with Gasteiger partial charge >= 0.3 is 5.97 Å². The van der Waals surface area contributed by atoms with Crippen LogP contribution in [0.1, 0.15) is 25.8 Å². The van der Waals surface area contributed by atoms with Crippen molar-refractivity contribution in [2.45, 2.75) is 27.2 Å². The van der Waals surface area contributed by atoms with Crippen molar-refractivity contribution in [1.29, 1.82) is 0 Å². The van der Waals surface area contributed by atoms with E-state index in [9.17, 15) is 14.0 Å². The van der Waals surface area contributed by atoms with Gasteiger partial charge in [-0.3, -0.25) is 4.79 Å². The molecule has 0 N–H and O–H groups in total. The molecule has 19 heavy (non-hydrogen) atoms. The fourth-order valence-corrected chi connectivity index (χ4v) is 1.52. The molecule has 0 fully saturated rings. The Kier molecular flexibility index (Phi) is 5.03. The Hall–Kier alpha value is -1.91. The van der Waals surface area contributed by atoms with Crippen LogP contribution in [0.2, 0.25) is 0 Å². The fraction of sp³-hybridized carbons (Fsp3) is 0.429. The summed E-state index contributed by atoms with van der Waals surface area (Å²) in [4.78, 5) is 23.1. The van der Waals surface area contributed by atoms with Crippen molar-refractivity contribution >= 4 is 11.8 Å². The normalized spacial score (nSPS) is 10.4. The predicted molar refractivity (Wildman–Crippen MR) is 67.8 cm³/mol.